The maximum atomic E-state index is 11.9. The third-order valence-electron chi connectivity index (χ3n) is 5.34. The van der Waals surface area contributed by atoms with Crippen molar-refractivity contribution < 1.29 is 29.0 Å². The highest BCUT2D eigenvalue weighted by molar-refractivity contribution is 6.52. The summed E-state index contributed by atoms with van der Waals surface area (Å²) >= 11 is 0. The predicted molar refractivity (Wildman–Crippen MR) is 138 cm³/mol. The number of aromatic hydroxyl groups is 1. The lowest BCUT2D eigenvalue weighted by atomic mass is 9.87. The van der Waals surface area contributed by atoms with Crippen LogP contribution in [-0.2, 0) is 4.79 Å². The third kappa shape index (κ3) is 6.18. The van der Waals surface area contributed by atoms with Crippen molar-refractivity contribution in [2.75, 3.05) is 6.61 Å². The van der Waals surface area contributed by atoms with Crippen LogP contribution >= 0.6 is 0 Å². The number of rotatable bonds is 5. The van der Waals surface area contributed by atoms with Crippen LogP contribution in [0.25, 0.3) is 16.7 Å². The summed E-state index contributed by atoms with van der Waals surface area (Å²) in [5.41, 5.74) is 3.03. The number of ether oxygens (including phenoxy) is 1. The van der Waals surface area contributed by atoms with Gasteiger partial charge in [0.2, 0.25) is 11.6 Å². The molecule has 186 valence electrons. The molecule has 7 nitrogen and oxygen atoms in total. The van der Waals surface area contributed by atoms with Crippen LogP contribution in [0.1, 0.15) is 50.0 Å². The maximum Gasteiger partial charge on any atom is 0.336 e. The fourth-order valence-corrected chi connectivity index (χ4v) is 3.41. The average Bonchev–Trinajstić information content (AvgIpc) is 2.83. The Hall–Kier alpha value is -4.39. The van der Waals surface area contributed by atoms with Crippen LogP contribution in [0.4, 0.5) is 0 Å². The first-order valence-electron chi connectivity index (χ1n) is 11.4. The molecule has 2 N–H and O–H groups in total. The van der Waals surface area contributed by atoms with Gasteiger partial charge in [-0.1, -0.05) is 41.5 Å². The van der Waals surface area contributed by atoms with Crippen LogP contribution in [0.15, 0.2) is 86.6 Å². The number of phenols is 1. The second kappa shape index (κ2) is 11.4. The zero-order chi connectivity index (χ0) is 26.4. The number of allylic oxidation sites excluding steroid dienone is 4. The lowest BCUT2D eigenvalue weighted by Crippen LogP contribution is -2.23. The molecule has 1 aliphatic carbocycles. The molecule has 0 amide bonds. The van der Waals surface area contributed by atoms with Crippen molar-refractivity contribution in [3.63, 3.8) is 0 Å². The van der Waals surface area contributed by atoms with Gasteiger partial charge < -0.3 is 19.4 Å². The predicted octanol–water partition coefficient (Wildman–Crippen LogP) is 5.92. The van der Waals surface area contributed by atoms with E-state index in [0.29, 0.717) is 28.9 Å². The molecule has 4 rings (SSSR count). The van der Waals surface area contributed by atoms with E-state index < -0.39 is 17.2 Å². The number of Topliss-reactive ketones (excluding diaryl/α,β-unsaturated/α-hetero) is 2. The summed E-state index contributed by atoms with van der Waals surface area (Å²) in [4.78, 5) is 34.9. The largest absolute Gasteiger partial charge is 0.507 e. The first-order valence-corrected chi connectivity index (χ1v) is 11.4. The normalized spacial score (nSPS) is 12.4. The molecule has 1 aromatic heterocycles. The molecule has 1 heterocycles. The van der Waals surface area contributed by atoms with Crippen LogP contribution in [0, 0.1) is 0 Å². The van der Waals surface area contributed by atoms with E-state index in [1.165, 1.54) is 18.2 Å². The molecule has 0 saturated heterocycles. The molecule has 3 aromatic rings. The van der Waals surface area contributed by atoms with Gasteiger partial charge in [-0.15, -0.1) is 0 Å². The Morgan fingerprint density at radius 1 is 0.861 bits per heavy atom. The van der Waals surface area contributed by atoms with E-state index >= 15 is 0 Å². The molecule has 1 aliphatic rings. The van der Waals surface area contributed by atoms with E-state index in [1.807, 2.05) is 39.8 Å². The Morgan fingerprint density at radius 3 is 2.19 bits per heavy atom. The first kappa shape index (κ1) is 26.2. The minimum atomic E-state index is -0.608. The van der Waals surface area contributed by atoms with E-state index in [1.54, 1.807) is 30.3 Å². The van der Waals surface area contributed by atoms with Gasteiger partial charge in [-0.05, 0) is 52.3 Å². The van der Waals surface area contributed by atoms with Crippen molar-refractivity contribution in [1.29, 1.82) is 0 Å². The molecule has 7 heteroatoms. The molecule has 0 aliphatic heterocycles. The van der Waals surface area contributed by atoms with Gasteiger partial charge in [0, 0.05) is 34.2 Å². The fourth-order valence-electron chi connectivity index (χ4n) is 3.41. The summed E-state index contributed by atoms with van der Waals surface area (Å²) in [7, 11) is 0. The zero-order valence-corrected chi connectivity index (χ0v) is 20.6. The summed E-state index contributed by atoms with van der Waals surface area (Å²) in [6.45, 7) is 8.09. The Balaban J connectivity index is 0.000000201. The molecule has 0 radical (unpaired) electrons. The molecular formula is C29H28O7. The highest BCUT2D eigenvalue weighted by Gasteiger charge is 2.31. The van der Waals surface area contributed by atoms with Crippen molar-refractivity contribution in [2.24, 2.45) is 0 Å². The van der Waals surface area contributed by atoms with Gasteiger partial charge in [-0.2, -0.15) is 0 Å². The Bertz CT molecular complexity index is 1460. The quantitative estimate of drug-likeness (QED) is 0.260. The summed E-state index contributed by atoms with van der Waals surface area (Å²) in [5.74, 6) is -0.898. The fraction of sp³-hybridized carbons (Fsp3) is 0.207. The number of ketones is 2. The minimum absolute atomic E-state index is 0.0264. The topological polar surface area (TPSA) is 114 Å². The van der Waals surface area contributed by atoms with Gasteiger partial charge in [0.15, 0.2) is 11.5 Å². The van der Waals surface area contributed by atoms with Gasteiger partial charge >= 0.3 is 5.63 Å². The van der Waals surface area contributed by atoms with Gasteiger partial charge in [0.05, 0.1) is 0 Å². The summed E-state index contributed by atoms with van der Waals surface area (Å²) in [5, 5.41) is 20.5. The number of aliphatic hydroxyl groups is 1. The number of aliphatic hydroxyl groups excluding tert-OH is 1. The van der Waals surface area contributed by atoms with E-state index in [-0.39, 0.29) is 29.1 Å². The van der Waals surface area contributed by atoms with Crippen molar-refractivity contribution in [3.8, 4) is 11.5 Å². The number of phenolic OH excluding ortho intramolecular Hbond substituents is 1. The van der Waals surface area contributed by atoms with Crippen LogP contribution in [0.5, 0.6) is 11.5 Å². The van der Waals surface area contributed by atoms with Crippen molar-refractivity contribution in [1.82, 2.24) is 0 Å². The number of fused-ring (bicyclic) bond motifs is 2. The van der Waals surface area contributed by atoms with Crippen molar-refractivity contribution >= 4 is 28.3 Å². The molecule has 0 saturated carbocycles. The van der Waals surface area contributed by atoms with Gasteiger partial charge in [-0.25, -0.2) is 4.79 Å². The Labute approximate surface area is 208 Å². The van der Waals surface area contributed by atoms with Gasteiger partial charge in [0.25, 0.3) is 0 Å². The number of carbonyl (C=O) groups excluding carboxylic acids is 2. The van der Waals surface area contributed by atoms with E-state index in [9.17, 15) is 24.6 Å². The molecule has 2 aromatic carbocycles. The average molecular weight is 489 g/mol. The highest BCUT2D eigenvalue weighted by Crippen LogP contribution is 2.31. The zero-order valence-electron chi connectivity index (χ0n) is 20.6. The van der Waals surface area contributed by atoms with E-state index in [2.05, 4.69) is 0 Å². The molecule has 0 unspecified atom stereocenters. The standard InChI is InChI=1S/C15H14O3.C14H14O4/c1-9(2)7-8-12-13(16)10-5-3-4-6-11(10)14(17)15(12)18;1-9(2)5-6-17-13-8-12-10(7-11(13)15)3-4-14(16)18-12/h3-7,16H,8H2,1-2H3;3-5,7-8,15H,6H2,1-2H3. The summed E-state index contributed by atoms with van der Waals surface area (Å²) in [6.07, 6.45) is 4.00. The minimum Gasteiger partial charge on any atom is -0.507 e. The highest BCUT2D eigenvalue weighted by atomic mass is 16.5. The van der Waals surface area contributed by atoms with Crippen molar-refractivity contribution in [3.05, 3.63) is 98.9 Å². The molecule has 0 fully saturated rings. The Kier molecular flexibility index (Phi) is 8.27. The molecule has 0 atom stereocenters. The maximum absolute atomic E-state index is 11.9. The number of carbonyl (C=O) groups is 2. The monoisotopic (exact) mass is 488 g/mol. The lowest BCUT2D eigenvalue weighted by molar-refractivity contribution is -0.112. The third-order valence-corrected chi connectivity index (χ3v) is 5.34. The van der Waals surface area contributed by atoms with Crippen LogP contribution in [-0.4, -0.2) is 28.4 Å². The lowest BCUT2D eigenvalue weighted by Gasteiger charge is -2.16. The number of hydrogen-bond donors (Lipinski definition) is 2. The number of benzene rings is 2. The first-order chi connectivity index (χ1) is 17.1. The SMILES string of the molecule is CC(C)=CCC1=C(O)c2ccccc2C(=O)C1=O.CC(C)=CCOc1cc2oc(=O)ccc2cc1O. The summed E-state index contributed by atoms with van der Waals surface area (Å²) in [6, 6.07) is 12.6. The van der Waals surface area contributed by atoms with Gasteiger partial charge in [-0.3, -0.25) is 9.59 Å². The van der Waals surface area contributed by atoms with E-state index in [4.69, 9.17) is 9.15 Å². The van der Waals surface area contributed by atoms with Gasteiger partial charge in [0.1, 0.15) is 17.9 Å². The van der Waals surface area contributed by atoms with E-state index in [0.717, 1.165) is 11.1 Å². The van der Waals surface area contributed by atoms with Crippen LogP contribution < -0.4 is 10.4 Å². The Morgan fingerprint density at radius 2 is 1.53 bits per heavy atom. The number of hydrogen-bond acceptors (Lipinski definition) is 7. The second-order valence-electron chi connectivity index (χ2n) is 8.72. The smallest absolute Gasteiger partial charge is 0.336 e. The molecule has 36 heavy (non-hydrogen) atoms. The molecule has 0 bridgehead atoms. The van der Waals surface area contributed by atoms with Crippen molar-refractivity contribution in [2.45, 2.75) is 34.1 Å². The van der Waals surface area contributed by atoms with Crippen LogP contribution in [0.2, 0.25) is 0 Å². The second-order valence-corrected chi connectivity index (χ2v) is 8.72. The van der Waals surface area contributed by atoms with Crippen LogP contribution in [0.3, 0.4) is 0 Å². The summed E-state index contributed by atoms with van der Waals surface area (Å²) < 4.78 is 10.4. The molecular weight excluding hydrogens is 460 g/mol. The molecule has 0 spiro atoms.